The third-order valence-corrected chi connectivity index (χ3v) is 3.05. The quantitative estimate of drug-likeness (QED) is 0.844. The summed E-state index contributed by atoms with van der Waals surface area (Å²) in [5, 5.41) is 11.6. The molecule has 0 fully saturated rings. The van der Waals surface area contributed by atoms with Crippen molar-refractivity contribution in [1.82, 2.24) is 4.98 Å². The Bertz CT molecular complexity index is 746. The normalized spacial score (nSPS) is 16.8. The highest BCUT2D eigenvalue weighted by atomic mass is 16.2. The fourth-order valence-electron chi connectivity index (χ4n) is 2.07. The van der Waals surface area contributed by atoms with Gasteiger partial charge in [-0.3, -0.25) is 9.79 Å². The molecule has 1 aromatic carbocycles. The molecule has 1 N–H and O–H groups in total. The first-order valence-corrected chi connectivity index (χ1v) is 6.08. The van der Waals surface area contributed by atoms with Crippen LogP contribution in [0.2, 0.25) is 0 Å². The van der Waals surface area contributed by atoms with Crippen LogP contribution >= 0.6 is 0 Å². The smallest absolute Gasteiger partial charge is 0.238 e. The van der Waals surface area contributed by atoms with Gasteiger partial charge in [0.1, 0.15) is 11.7 Å². The molecule has 1 amide bonds. The first kappa shape index (κ1) is 12.1. The zero-order valence-electron chi connectivity index (χ0n) is 10.4. The number of fused-ring (bicyclic) bond motifs is 1. The van der Waals surface area contributed by atoms with Gasteiger partial charge in [-0.2, -0.15) is 5.26 Å². The zero-order chi connectivity index (χ0) is 13.9. The number of carbonyl (C=O) groups is 1. The van der Waals surface area contributed by atoms with E-state index >= 15 is 0 Å². The van der Waals surface area contributed by atoms with Gasteiger partial charge in [-0.25, -0.2) is 4.98 Å². The van der Waals surface area contributed by atoms with E-state index in [1.54, 1.807) is 42.7 Å². The van der Waals surface area contributed by atoms with Gasteiger partial charge in [-0.15, -0.1) is 0 Å². The number of nitrogens with zero attached hydrogens (tertiary/aromatic N) is 3. The number of pyridine rings is 1. The number of carbonyl (C=O) groups excluding carboxylic acids is 1. The molecule has 20 heavy (non-hydrogen) atoms. The number of hydrogen-bond donors (Lipinski definition) is 1. The van der Waals surface area contributed by atoms with Crippen molar-refractivity contribution >= 4 is 23.6 Å². The summed E-state index contributed by atoms with van der Waals surface area (Å²) in [7, 11) is 0. The predicted molar refractivity (Wildman–Crippen MR) is 74.9 cm³/mol. The minimum atomic E-state index is -0.440. The van der Waals surface area contributed by atoms with Gasteiger partial charge < -0.3 is 5.32 Å². The van der Waals surface area contributed by atoms with E-state index in [9.17, 15) is 4.79 Å². The molecule has 1 atom stereocenters. The second-order valence-corrected chi connectivity index (χ2v) is 4.35. The number of aliphatic imine (C=N–C) groups is 1. The lowest BCUT2D eigenvalue weighted by atomic mass is 10.0. The number of nitrogens with one attached hydrogen (secondary N) is 1. The molecule has 5 nitrogen and oxygen atoms in total. The summed E-state index contributed by atoms with van der Waals surface area (Å²) < 4.78 is 0. The molecule has 0 saturated carbocycles. The predicted octanol–water partition coefficient (Wildman–Crippen LogP) is 2.39. The van der Waals surface area contributed by atoms with Crippen molar-refractivity contribution in [2.45, 2.75) is 5.92 Å². The molecule has 0 bridgehead atoms. The molecular weight excluding hydrogens is 252 g/mol. The second-order valence-electron chi connectivity index (χ2n) is 4.35. The van der Waals surface area contributed by atoms with E-state index in [0.717, 1.165) is 5.56 Å². The SMILES string of the molecule is N#Cc1cccc(N=CC2C(=O)Nc3ncccc32)c1. The molecule has 2 heterocycles. The van der Waals surface area contributed by atoms with Gasteiger partial charge in [0, 0.05) is 18.0 Å². The maximum atomic E-state index is 11.9. The van der Waals surface area contributed by atoms with Gasteiger partial charge in [0.15, 0.2) is 0 Å². The number of anilines is 1. The Kier molecular flexibility index (Phi) is 2.98. The van der Waals surface area contributed by atoms with E-state index in [2.05, 4.69) is 21.4 Å². The molecule has 0 saturated heterocycles. The van der Waals surface area contributed by atoms with Crippen molar-refractivity contribution in [3.63, 3.8) is 0 Å². The van der Waals surface area contributed by atoms with Crippen LogP contribution in [0.15, 0.2) is 47.6 Å². The van der Waals surface area contributed by atoms with E-state index < -0.39 is 5.92 Å². The average molecular weight is 262 g/mol. The van der Waals surface area contributed by atoms with Gasteiger partial charge >= 0.3 is 0 Å². The molecule has 3 rings (SSSR count). The van der Waals surface area contributed by atoms with Crippen LogP contribution < -0.4 is 5.32 Å². The number of benzene rings is 1. The molecule has 0 aliphatic carbocycles. The van der Waals surface area contributed by atoms with Crippen molar-refractivity contribution in [2.75, 3.05) is 5.32 Å². The average Bonchev–Trinajstić information content (AvgIpc) is 2.81. The summed E-state index contributed by atoms with van der Waals surface area (Å²) in [5.41, 5.74) is 2.00. The van der Waals surface area contributed by atoms with Crippen molar-refractivity contribution < 1.29 is 4.79 Å². The molecule has 1 aliphatic rings. The second kappa shape index (κ2) is 4.94. The molecule has 5 heteroatoms. The first-order chi connectivity index (χ1) is 9.78. The van der Waals surface area contributed by atoms with Gasteiger partial charge in [0.05, 0.1) is 17.3 Å². The lowest BCUT2D eigenvalue weighted by molar-refractivity contribution is -0.115. The van der Waals surface area contributed by atoms with E-state index in [1.807, 2.05) is 6.07 Å². The molecule has 2 aromatic rings. The number of aromatic nitrogens is 1. The van der Waals surface area contributed by atoms with Crippen LogP contribution in [-0.2, 0) is 4.79 Å². The highest BCUT2D eigenvalue weighted by Gasteiger charge is 2.29. The third kappa shape index (κ3) is 2.15. The Morgan fingerprint density at radius 1 is 1.35 bits per heavy atom. The van der Waals surface area contributed by atoms with Crippen LogP contribution in [0.5, 0.6) is 0 Å². The Morgan fingerprint density at radius 3 is 3.10 bits per heavy atom. The standard InChI is InChI=1S/C15H10N4O/c16-8-10-3-1-4-11(7-10)18-9-13-12-5-2-6-17-14(12)19-15(13)20/h1-7,9,13H,(H,17,19,20). The van der Waals surface area contributed by atoms with Crippen LogP contribution in [0, 0.1) is 11.3 Å². The van der Waals surface area contributed by atoms with Gasteiger partial charge in [-0.05, 0) is 24.3 Å². The first-order valence-electron chi connectivity index (χ1n) is 6.08. The Labute approximate surface area is 115 Å². The largest absolute Gasteiger partial charge is 0.310 e. The molecular formula is C15H10N4O. The maximum Gasteiger partial charge on any atom is 0.238 e. The molecule has 1 unspecified atom stereocenters. The zero-order valence-corrected chi connectivity index (χ0v) is 10.4. The summed E-state index contributed by atoms with van der Waals surface area (Å²) in [4.78, 5) is 20.3. The van der Waals surface area contributed by atoms with Crippen LogP contribution in [0.3, 0.4) is 0 Å². The lowest BCUT2D eigenvalue weighted by Gasteiger charge is -2.01. The van der Waals surface area contributed by atoms with Crippen molar-refractivity contribution in [1.29, 1.82) is 5.26 Å². The molecule has 0 radical (unpaired) electrons. The number of rotatable bonds is 2. The van der Waals surface area contributed by atoms with Crippen molar-refractivity contribution in [3.05, 3.63) is 53.7 Å². The molecule has 1 aromatic heterocycles. The number of nitriles is 1. The van der Waals surface area contributed by atoms with Gasteiger partial charge in [0.25, 0.3) is 0 Å². The topological polar surface area (TPSA) is 78.1 Å². The van der Waals surface area contributed by atoms with Gasteiger partial charge in [0.2, 0.25) is 5.91 Å². The lowest BCUT2D eigenvalue weighted by Crippen LogP contribution is -2.12. The maximum absolute atomic E-state index is 11.9. The van der Waals surface area contributed by atoms with Crippen LogP contribution in [-0.4, -0.2) is 17.1 Å². The summed E-state index contributed by atoms with van der Waals surface area (Å²) in [5.74, 6) is 0.00283. The minimum absolute atomic E-state index is 0.140. The highest BCUT2D eigenvalue weighted by Crippen LogP contribution is 2.29. The summed E-state index contributed by atoms with van der Waals surface area (Å²) in [6, 6.07) is 12.6. The molecule has 1 aliphatic heterocycles. The van der Waals surface area contributed by atoms with E-state index in [1.165, 1.54) is 0 Å². The van der Waals surface area contributed by atoms with E-state index in [-0.39, 0.29) is 5.91 Å². The van der Waals surface area contributed by atoms with E-state index in [0.29, 0.717) is 17.1 Å². The summed E-state index contributed by atoms with van der Waals surface area (Å²) >= 11 is 0. The summed E-state index contributed by atoms with van der Waals surface area (Å²) in [6.45, 7) is 0. The Hall–Kier alpha value is -3.00. The monoisotopic (exact) mass is 262 g/mol. The van der Waals surface area contributed by atoms with E-state index in [4.69, 9.17) is 5.26 Å². The fourth-order valence-corrected chi connectivity index (χ4v) is 2.07. The number of amides is 1. The minimum Gasteiger partial charge on any atom is -0.310 e. The Balaban J connectivity index is 1.89. The highest BCUT2D eigenvalue weighted by molar-refractivity contribution is 6.11. The third-order valence-electron chi connectivity index (χ3n) is 3.05. The fraction of sp³-hybridized carbons (Fsp3) is 0.0667. The Morgan fingerprint density at radius 2 is 2.25 bits per heavy atom. The molecule has 96 valence electrons. The van der Waals surface area contributed by atoms with Crippen LogP contribution in [0.1, 0.15) is 17.0 Å². The van der Waals surface area contributed by atoms with Crippen molar-refractivity contribution in [3.8, 4) is 6.07 Å². The van der Waals surface area contributed by atoms with Crippen LogP contribution in [0.4, 0.5) is 11.5 Å². The van der Waals surface area contributed by atoms with Gasteiger partial charge in [-0.1, -0.05) is 12.1 Å². The summed E-state index contributed by atoms with van der Waals surface area (Å²) in [6.07, 6.45) is 3.22. The van der Waals surface area contributed by atoms with Crippen LogP contribution in [0.25, 0.3) is 0 Å². The number of hydrogen-bond acceptors (Lipinski definition) is 4. The van der Waals surface area contributed by atoms with Crippen molar-refractivity contribution in [2.24, 2.45) is 4.99 Å². The molecule has 0 spiro atoms.